The average Bonchev–Trinajstić information content (AvgIpc) is 2.68. The molecule has 1 heterocycles. The second-order valence-corrected chi connectivity index (χ2v) is 9.98. The first kappa shape index (κ1) is 20.4. The van der Waals surface area contributed by atoms with Gasteiger partial charge in [-0.15, -0.1) is 0 Å². The summed E-state index contributed by atoms with van der Waals surface area (Å²) in [6.07, 6.45) is 1.02. The number of benzene rings is 2. The summed E-state index contributed by atoms with van der Waals surface area (Å²) in [6, 6.07) is 16.5. The predicted octanol–water partition coefficient (Wildman–Crippen LogP) is 4.15. The van der Waals surface area contributed by atoms with Crippen molar-refractivity contribution < 1.29 is 17.9 Å². The topological polar surface area (TPSA) is 63.7 Å². The Morgan fingerprint density at radius 3 is 2.14 bits per heavy atom. The Kier molecular flexibility index (Phi) is 6.39. The third-order valence-corrected chi connectivity index (χ3v) is 7.50. The van der Waals surface area contributed by atoms with Crippen LogP contribution in [0, 0.1) is 5.92 Å². The molecule has 1 aliphatic rings. The molecular formula is C22H27NO4S. The fourth-order valence-corrected chi connectivity index (χ4v) is 5.62. The van der Waals surface area contributed by atoms with Crippen LogP contribution in [0.5, 0.6) is 11.5 Å². The number of likely N-dealkylation sites (tertiary alicyclic amines) is 1. The lowest BCUT2D eigenvalue weighted by Gasteiger charge is -2.32. The van der Waals surface area contributed by atoms with Gasteiger partial charge in [-0.25, -0.2) is 8.42 Å². The number of rotatable bonds is 6. The number of piperidine rings is 1. The molecule has 0 spiro atoms. The maximum Gasteiger partial charge on any atom is 0.253 e. The van der Waals surface area contributed by atoms with Gasteiger partial charge >= 0.3 is 0 Å². The average molecular weight is 402 g/mol. The number of nitrogens with zero attached hydrogens (tertiary/aromatic N) is 1. The van der Waals surface area contributed by atoms with E-state index in [0.717, 1.165) is 5.75 Å². The third-order valence-electron chi connectivity index (χ3n) is 4.88. The van der Waals surface area contributed by atoms with E-state index in [9.17, 15) is 13.2 Å². The quantitative estimate of drug-likeness (QED) is 0.729. The zero-order valence-corrected chi connectivity index (χ0v) is 17.2. The molecule has 5 nitrogen and oxygen atoms in total. The molecular weight excluding hydrogens is 374 g/mol. The van der Waals surface area contributed by atoms with Gasteiger partial charge in [0.05, 0.1) is 11.0 Å². The van der Waals surface area contributed by atoms with Crippen LogP contribution in [-0.2, 0) is 9.84 Å². The van der Waals surface area contributed by atoms with Crippen molar-refractivity contribution >= 4 is 15.7 Å². The number of hydrogen-bond acceptors (Lipinski definition) is 4. The molecule has 0 aliphatic carbocycles. The Morgan fingerprint density at radius 2 is 1.57 bits per heavy atom. The normalized spacial score (nSPS) is 15.6. The molecule has 1 amide bonds. The Morgan fingerprint density at radius 1 is 1.00 bits per heavy atom. The molecule has 2 aromatic rings. The van der Waals surface area contributed by atoms with Gasteiger partial charge in [-0.05, 0) is 55.2 Å². The molecule has 150 valence electrons. The molecule has 0 bridgehead atoms. The Hall–Kier alpha value is -2.34. The van der Waals surface area contributed by atoms with Gasteiger partial charge in [0.2, 0.25) is 0 Å². The largest absolute Gasteiger partial charge is 0.457 e. The van der Waals surface area contributed by atoms with Crippen molar-refractivity contribution in [3.05, 3.63) is 60.2 Å². The summed E-state index contributed by atoms with van der Waals surface area (Å²) in [5, 5.41) is -0.333. The molecule has 0 N–H and O–H groups in total. The van der Waals surface area contributed by atoms with E-state index in [1.807, 2.05) is 44.2 Å². The molecule has 1 aliphatic heterocycles. The lowest BCUT2D eigenvalue weighted by molar-refractivity contribution is 0.0725. The Balaban J connectivity index is 1.58. The van der Waals surface area contributed by atoms with Crippen molar-refractivity contribution in [2.45, 2.75) is 31.9 Å². The minimum atomic E-state index is -3.09. The second-order valence-electron chi connectivity index (χ2n) is 7.65. The molecule has 2 aromatic carbocycles. The van der Waals surface area contributed by atoms with Crippen LogP contribution in [0.1, 0.15) is 37.0 Å². The van der Waals surface area contributed by atoms with E-state index in [1.54, 1.807) is 29.2 Å². The van der Waals surface area contributed by atoms with Crippen LogP contribution in [0.4, 0.5) is 0 Å². The van der Waals surface area contributed by atoms with Crippen LogP contribution in [-0.4, -0.2) is 43.3 Å². The van der Waals surface area contributed by atoms with Crippen LogP contribution in [0.25, 0.3) is 0 Å². The summed E-state index contributed by atoms with van der Waals surface area (Å²) in [6.45, 7) is 4.79. The van der Waals surface area contributed by atoms with Gasteiger partial charge in [0.1, 0.15) is 11.5 Å². The second kappa shape index (κ2) is 8.78. The number of sulfone groups is 1. The fraction of sp³-hybridized carbons (Fsp3) is 0.409. The maximum atomic E-state index is 12.7. The van der Waals surface area contributed by atoms with Crippen LogP contribution in [0.2, 0.25) is 0 Å². The van der Waals surface area contributed by atoms with Gasteiger partial charge in [0.15, 0.2) is 9.84 Å². The van der Waals surface area contributed by atoms with Gasteiger partial charge in [-0.1, -0.05) is 32.0 Å². The maximum absolute atomic E-state index is 12.7. The summed E-state index contributed by atoms with van der Waals surface area (Å²) < 4.78 is 30.6. The van der Waals surface area contributed by atoms with E-state index in [1.165, 1.54) is 0 Å². The SMILES string of the molecule is CC(C)CS(=O)(=O)C1CCN(C(=O)c2ccc(Oc3ccccc3)cc2)CC1. The molecule has 1 saturated heterocycles. The first-order chi connectivity index (χ1) is 13.3. The summed E-state index contributed by atoms with van der Waals surface area (Å²) in [5.41, 5.74) is 0.587. The summed E-state index contributed by atoms with van der Waals surface area (Å²) in [7, 11) is -3.09. The minimum absolute atomic E-state index is 0.0639. The van der Waals surface area contributed by atoms with Crippen LogP contribution >= 0.6 is 0 Å². The van der Waals surface area contributed by atoms with Gasteiger partial charge in [-0.3, -0.25) is 4.79 Å². The smallest absolute Gasteiger partial charge is 0.253 e. The number of ether oxygens (including phenoxy) is 1. The molecule has 0 unspecified atom stereocenters. The highest BCUT2D eigenvalue weighted by Crippen LogP contribution is 2.24. The molecule has 0 saturated carbocycles. The van der Waals surface area contributed by atoms with E-state index in [0.29, 0.717) is 37.2 Å². The number of hydrogen-bond donors (Lipinski definition) is 0. The number of carbonyl (C=O) groups is 1. The fourth-order valence-electron chi connectivity index (χ4n) is 3.49. The Labute approximate surface area is 167 Å². The molecule has 1 fully saturated rings. The lowest BCUT2D eigenvalue weighted by Crippen LogP contribution is -2.43. The standard InChI is InChI=1S/C22H27NO4S/c1-17(2)16-28(25,26)21-12-14-23(15-13-21)22(24)18-8-10-20(11-9-18)27-19-6-4-3-5-7-19/h3-11,17,21H,12-16H2,1-2H3. The van der Waals surface area contributed by atoms with E-state index < -0.39 is 9.84 Å². The van der Waals surface area contributed by atoms with E-state index >= 15 is 0 Å². The van der Waals surface area contributed by atoms with Crippen molar-refractivity contribution in [2.75, 3.05) is 18.8 Å². The highest BCUT2D eigenvalue weighted by atomic mass is 32.2. The summed E-state index contributed by atoms with van der Waals surface area (Å²) in [5.74, 6) is 1.69. The zero-order valence-electron chi connectivity index (χ0n) is 16.4. The highest BCUT2D eigenvalue weighted by molar-refractivity contribution is 7.92. The molecule has 0 aromatic heterocycles. The van der Waals surface area contributed by atoms with Crippen molar-refractivity contribution in [2.24, 2.45) is 5.92 Å². The lowest BCUT2D eigenvalue weighted by atomic mass is 10.1. The predicted molar refractivity (Wildman–Crippen MR) is 111 cm³/mol. The molecule has 3 rings (SSSR count). The molecule has 28 heavy (non-hydrogen) atoms. The Bertz CT molecular complexity index is 884. The van der Waals surface area contributed by atoms with Crippen LogP contribution < -0.4 is 4.74 Å². The number of amides is 1. The third kappa shape index (κ3) is 5.13. The number of carbonyl (C=O) groups excluding carboxylic acids is 1. The van der Waals surface area contributed by atoms with Crippen molar-refractivity contribution in [3.8, 4) is 11.5 Å². The molecule has 6 heteroatoms. The first-order valence-electron chi connectivity index (χ1n) is 9.69. The van der Waals surface area contributed by atoms with Crippen molar-refractivity contribution in [1.29, 1.82) is 0 Å². The molecule has 0 atom stereocenters. The zero-order chi connectivity index (χ0) is 20.1. The van der Waals surface area contributed by atoms with Gasteiger partial charge in [0, 0.05) is 18.7 Å². The van der Waals surface area contributed by atoms with E-state index in [-0.39, 0.29) is 22.8 Å². The number of para-hydroxylation sites is 1. The summed E-state index contributed by atoms with van der Waals surface area (Å²) >= 11 is 0. The van der Waals surface area contributed by atoms with E-state index in [2.05, 4.69) is 0 Å². The van der Waals surface area contributed by atoms with Gasteiger partial charge in [-0.2, -0.15) is 0 Å². The minimum Gasteiger partial charge on any atom is -0.457 e. The van der Waals surface area contributed by atoms with Crippen LogP contribution in [0.3, 0.4) is 0 Å². The van der Waals surface area contributed by atoms with Crippen molar-refractivity contribution in [1.82, 2.24) is 4.90 Å². The highest BCUT2D eigenvalue weighted by Gasteiger charge is 2.32. The van der Waals surface area contributed by atoms with Crippen molar-refractivity contribution in [3.63, 3.8) is 0 Å². The monoisotopic (exact) mass is 401 g/mol. The van der Waals surface area contributed by atoms with Crippen LogP contribution in [0.15, 0.2) is 54.6 Å². The first-order valence-corrected chi connectivity index (χ1v) is 11.4. The van der Waals surface area contributed by atoms with E-state index in [4.69, 9.17) is 4.74 Å². The van der Waals surface area contributed by atoms with Gasteiger partial charge in [0.25, 0.3) is 5.91 Å². The summed E-state index contributed by atoms with van der Waals surface area (Å²) in [4.78, 5) is 14.5. The van der Waals surface area contributed by atoms with Gasteiger partial charge < -0.3 is 9.64 Å². The molecule has 0 radical (unpaired) electrons.